The predicted molar refractivity (Wildman–Crippen MR) is 118 cm³/mol. The van der Waals surface area contributed by atoms with E-state index >= 15 is 0 Å². The van der Waals surface area contributed by atoms with Gasteiger partial charge in [0.2, 0.25) is 5.89 Å². The lowest BCUT2D eigenvalue weighted by molar-refractivity contribution is 0.623. The highest BCUT2D eigenvalue weighted by molar-refractivity contribution is 6.04. The van der Waals surface area contributed by atoms with Crippen molar-refractivity contribution in [3.8, 4) is 11.5 Å². The van der Waals surface area contributed by atoms with Gasteiger partial charge in [0.05, 0.1) is 6.04 Å². The quantitative estimate of drug-likeness (QED) is 0.467. The Morgan fingerprint density at radius 2 is 1.76 bits per heavy atom. The highest BCUT2D eigenvalue weighted by Gasteiger charge is 2.17. The summed E-state index contributed by atoms with van der Waals surface area (Å²) in [6.07, 6.45) is 12.8. The average molecular weight is 374 g/mol. The molecule has 1 N–H and O–H groups in total. The standard InChI is InChI=1S/C26H18N2O/c1-2-7-19(8-3-1)26-28-24-15-12-17-10-11-20(16-21(17)25(24)29-26)23-14-13-18-6-4-5-9-22(18)27-23/h1-16,22,27H. The van der Waals surface area contributed by atoms with Gasteiger partial charge in [0.15, 0.2) is 5.58 Å². The molecular formula is C26H18N2O. The molecule has 1 unspecified atom stereocenters. The number of benzene rings is 3. The Kier molecular flexibility index (Phi) is 3.53. The lowest BCUT2D eigenvalue weighted by Crippen LogP contribution is -2.30. The van der Waals surface area contributed by atoms with Crippen molar-refractivity contribution in [1.82, 2.24) is 10.3 Å². The number of nitrogens with zero attached hydrogens (tertiary/aromatic N) is 1. The molecule has 0 fully saturated rings. The van der Waals surface area contributed by atoms with Gasteiger partial charge in [0.1, 0.15) is 5.52 Å². The zero-order valence-electron chi connectivity index (χ0n) is 15.7. The molecule has 3 nitrogen and oxygen atoms in total. The van der Waals surface area contributed by atoms with Crippen molar-refractivity contribution in [2.45, 2.75) is 6.04 Å². The van der Waals surface area contributed by atoms with Crippen molar-refractivity contribution in [3.05, 3.63) is 108 Å². The van der Waals surface area contributed by atoms with E-state index in [4.69, 9.17) is 9.40 Å². The van der Waals surface area contributed by atoms with Crippen LogP contribution >= 0.6 is 0 Å². The summed E-state index contributed by atoms with van der Waals surface area (Å²) in [7, 11) is 0. The van der Waals surface area contributed by atoms with Crippen LogP contribution in [-0.2, 0) is 0 Å². The molecule has 2 aliphatic rings. The van der Waals surface area contributed by atoms with Crippen LogP contribution in [0.3, 0.4) is 0 Å². The van der Waals surface area contributed by atoms with E-state index in [9.17, 15) is 0 Å². The Hall–Kier alpha value is -3.85. The predicted octanol–water partition coefficient (Wildman–Crippen LogP) is 6.01. The van der Waals surface area contributed by atoms with Gasteiger partial charge >= 0.3 is 0 Å². The molecule has 1 aliphatic heterocycles. The summed E-state index contributed by atoms with van der Waals surface area (Å²) in [5.74, 6) is 0.653. The molecule has 1 atom stereocenters. The van der Waals surface area contributed by atoms with Crippen molar-refractivity contribution in [2.24, 2.45) is 0 Å². The van der Waals surface area contributed by atoms with Gasteiger partial charge in [0.25, 0.3) is 0 Å². The van der Waals surface area contributed by atoms with Gasteiger partial charge in [-0.05, 0) is 46.9 Å². The number of allylic oxidation sites excluding steroid dienone is 4. The minimum atomic E-state index is 0.224. The molecule has 0 saturated heterocycles. The van der Waals surface area contributed by atoms with Gasteiger partial charge in [-0.2, -0.15) is 0 Å². The first-order valence-corrected chi connectivity index (χ1v) is 9.77. The fraction of sp³-hybridized carbons (Fsp3) is 0.0385. The van der Waals surface area contributed by atoms with E-state index in [-0.39, 0.29) is 6.04 Å². The van der Waals surface area contributed by atoms with E-state index in [1.54, 1.807) is 0 Å². The fourth-order valence-corrected chi connectivity index (χ4v) is 4.00. The minimum Gasteiger partial charge on any atom is -0.435 e. The number of rotatable bonds is 2. The van der Waals surface area contributed by atoms with Crippen molar-refractivity contribution < 1.29 is 4.42 Å². The number of oxazole rings is 1. The summed E-state index contributed by atoms with van der Waals surface area (Å²) in [5, 5.41) is 5.84. The lowest BCUT2D eigenvalue weighted by atomic mass is 9.95. The number of dihydropyridines is 1. The summed E-state index contributed by atoms with van der Waals surface area (Å²) >= 11 is 0. The van der Waals surface area contributed by atoms with Gasteiger partial charge in [-0.15, -0.1) is 0 Å². The first kappa shape index (κ1) is 16.1. The molecule has 3 heteroatoms. The lowest BCUT2D eigenvalue weighted by Gasteiger charge is -2.25. The molecular weight excluding hydrogens is 356 g/mol. The van der Waals surface area contributed by atoms with Crippen LogP contribution in [0, 0.1) is 0 Å². The Labute approximate surface area is 168 Å². The van der Waals surface area contributed by atoms with E-state index in [0.29, 0.717) is 5.89 Å². The number of hydrogen-bond donors (Lipinski definition) is 1. The smallest absolute Gasteiger partial charge is 0.227 e. The molecule has 2 heterocycles. The van der Waals surface area contributed by atoms with E-state index < -0.39 is 0 Å². The fourth-order valence-electron chi connectivity index (χ4n) is 4.00. The summed E-state index contributed by atoms with van der Waals surface area (Å²) in [6.45, 7) is 0. The second-order valence-electron chi connectivity index (χ2n) is 7.35. The Balaban J connectivity index is 1.48. The van der Waals surface area contributed by atoms with Crippen molar-refractivity contribution in [3.63, 3.8) is 0 Å². The second-order valence-corrected chi connectivity index (χ2v) is 7.35. The van der Waals surface area contributed by atoms with Crippen LogP contribution in [-0.4, -0.2) is 11.0 Å². The number of fused-ring (bicyclic) bond motifs is 4. The first-order valence-electron chi connectivity index (χ1n) is 9.77. The minimum absolute atomic E-state index is 0.224. The Morgan fingerprint density at radius 3 is 2.69 bits per heavy atom. The van der Waals surface area contributed by atoms with Crippen LogP contribution in [0.5, 0.6) is 0 Å². The Bertz CT molecular complexity index is 1370. The molecule has 0 amide bonds. The molecule has 3 aromatic carbocycles. The maximum Gasteiger partial charge on any atom is 0.227 e. The molecule has 0 radical (unpaired) electrons. The molecule has 0 bridgehead atoms. The second kappa shape index (κ2) is 6.35. The zero-order valence-corrected chi connectivity index (χ0v) is 15.7. The molecule has 138 valence electrons. The molecule has 6 rings (SSSR count). The SMILES string of the molecule is C1=CC2=CC=C(c3ccc4ccc5nc(-c6ccccc6)oc5c4c3)NC2C=C1. The molecule has 4 aromatic rings. The summed E-state index contributed by atoms with van der Waals surface area (Å²) < 4.78 is 6.21. The van der Waals surface area contributed by atoms with E-state index in [1.807, 2.05) is 36.4 Å². The van der Waals surface area contributed by atoms with E-state index in [2.05, 4.69) is 66.0 Å². The monoisotopic (exact) mass is 374 g/mol. The normalized spacial score (nSPS) is 17.7. The zero-order chi connectivity index (χ0) is 19.2. The van der Waals surface area contributed by atoms with Crippen LogP contribution in [0.4, 0.5) is 0 Å². The van der Waals surface area contributed by atoms with Gasteiger partial charge in [0, 0.05) is 16.6 Å². The highest BCUT2D eigenvalue weighted by Crippen LogP contribution is 2.32. The molecule has 0 spiro atoms. The van der Waals surface area contributed by atoms with E-state index in [1.165, 1.54) is 5.57 Å². The topological polar surface area (TPSA) is 38.1 Å². The van der Waals surface area contributed by atoms with Gasteiger partial charge in [-0.1, -0.05) is 66.8 Å². The summed E-state index contributed by atoms with van der Waals surface area (Å²) in [6, 6.07) is 20.9. The van der Waals surface area contributed by atoms with Crippen molar-refractivity contribution in [2.75, 3.05) is 0 Å². The molecule has 1 aromatic heterocycles. The van der Waals surface area contributed by atoms with Crippen LogP contribution in [0.25, 0.3) is 39.0 Å². The van der Waals surface area contributed by atoms with Crippen LogP contribution < -0.4 is 5.32 Å². The highest BCUT2D eigenvalue weighted by atomic mass is 16.3. The first-order chi connectivity index (χ1) is 14.3. The maximum atomic E-state index is 6.21. The third kappa shape index (κ3) is 2.71. The third-order valence-corrected chi connectivity index (χ3v) is 5.52. The van der Waals surface area contributed by atoms with Crippen LogP contribution in [0.15, 0.2) is 107 Å². The largest absolute Gasteiger partial charge is 0.435 e. The van der Waals surface area contributed by atoms with Gasteiger partial charge in [-0.25, -0.2) is 4.98 Å². The molecule has 1 aliphatic carbocycles. The number of aromatic nitrogens is 1. The molecule has 29 heavy (non-hydrogen) atoms. The third-order valence-electron chi connectivity index (χ3n) is 5.52. The van der Waals surface area contributed by atoms with Gasteiger partial charge in [-0.3, -0.25) is 0 Å². The molecule has 0 saturated carbocycles. The van der Waals surface area contributed by atoms with Crippen molar-refractivity contribution in [1.29, 1.82) is 0 Å². The van der Waals surface area contributed by atoms with Crippen LogP contribution in [0.1, 0.15) is 5.56 Å². The summed E-state index contributed by atoms with van der Waals surface area (Å²) in [4.78, 5) is 4.71. The number of hydrogen-bond acceptors (Lipinski definition) is 3. The summed E-state index contributed by atoms with van der Waals surface area (Å²) in [5.41, 5.74) is 6.22. The average Bonchev–Trinajstić information content (AvgIpc) is 3.24. The number of nitrogens with one attached hydrogen (secondary N) is 1. The Morgan fingerprint density at radius 1 is 0.862 bits per heavy atom. The van der Waals surface area contributed by atoms with Gasteiger partial charge < -0.3 is 9.73 Å². The van der Waals surface area contributed by atoms with Crippen LogP contribution in [0.2, 0.25) is 0 Å². The van der Waals surface area contributed by atoms with E-state index in [0.717, 1.165) is 38.7 Å². The van der Waals surface area contributed by atoms with Crippen molar-refractivity contribution >= 4 is 27.6 Å². The maximum absolute atomic E-state index is 6.21.